The average molecular weight is 197 g/mol. The molecule has 0 aliphatic carbocycles. The zero-order valence-corrected chi connectivity index (χ0v) is 10.3. The molecule has 0 bridgehead atoms. The van der Waals surface area contributed by atoms with Crippen molar-refractivity contribution in [3.8, 4) is 0 Å². The number of hydrogen-bond donors (Lipinski definition) is 1. The van der Waals surface area contributed by atoms with E-state index in [1.165, 1.54) is 0 Å². The van der Waals surface area contributed by atoms with Gasteiger partial charge in [-0.1, -0.05) is 27.7 Å². The summed E-state index contributed by atoms with van der Waals surface area (Å²) in [6, 6.07) is 0. The first-order valence-electron chi connectivity index (χ1n) is 5.53. The van der Waals surface area contributed by atoms with Crippen LogP contribution in [0.25, 0.3) is 0 Å². The molecule has 1 fully saturated rings. The van der Waals surface area contributed by atoms with Crippen molar-refractivity contribution >= 4 is 5.91 Å². The molecule has 2 unspecified atom stereocenters. The Morgan fingerprint density at radius 1 is 1.36 bits per heavy atom. The van der Waals surface area contributed by atoms with E-state index in [0.29, 0.717) is 5.92 Å². The van der Waals surface area contributed by atoms with E-state index in [-0.39, 0.29) is 22.8 Å². The van der Waals surface area contributed by atoms with Crippen molar-refractivity contribution in [3.63, 3.8) is 0 Å². The third kappa shape index (κ3) is 1.55. The normalized spacial score (nSPS) is 36.2. The Balaban J connectivity index is 2.98. The van der Waals surface area contributed by atoms with Gasteiger partial charge in [-0.05, 0) is 26.2 Å². The zero-order chi connectivity index (χ0) is 11.1. The summed E-state index contributed by atoms with van der Waals surface area (Å²) in [7, 11) is 0. The van der Waals surface area contributed by atoms with Crippen LogP contribution in [0.15, 0.2) is 0 Å². The molecule has 0 aromatic heterocycles. The Morgan fingerprint density at radius 3 is 2.14 bits per heavy atom. The van der Waals surface area contributed by atoms with Crippen molar-refractivity contribution in [3.05, 3.63) is 0 Å². The molecule has 1 amide bonds. The summed E-state index contributed by atoms with van der Waals surface area (Å²) in [6.07, 6.45) is 1.10. The Morgan fingerprint density at radius 2 is 1.86 bits per heavy atom. The van der Waals surface area contributed by atoms with Crippen molar-refractivity contribution in [2.24, 2.45) is 17.3 Å². The summed E-state index contributed by atoms with van der Waals surface area (Å²) >= 11 is 0. The first-order chi connectivity index (χ1) is 6.21. The lowest BCUT2D eigenvalue weighted by atomic mass is 9.64. The van der Waals surface area contributed by atoms with E-state index in [1.807, 2.05) is 6.92 Å². The fourth-order valence-corrected chi connectivity index (χ4v) is 2.67. The van der Waals surface area contributed by atoms with Crippen LogP contribution in [0, 0.1) is 17.3 Å². The molecule has 82 valence electrons. The van der Waals surface area contributed by atoms with Gasteiger partial charge in [0.15, 0.2) is 0 Å². The minimum atomic E-state index is -0.0756. The molecule has 1 N–H and O–H groups in total. The third-order valence-electron chi connectivity index (χ3n) is 4.04. The molecule has 0 radical (unpaired) electrons. The van der Waals surface area contributed by atoms with Crippen molar-refractivity contribution in [2.75, 3.05) is 0 Å². The molecular formula is C12H23NO. The first-order valence-corrected chi connectivity index (χ1v) is 5.53. The Kier molecular flexibility index (Phi) is 2.68. The fraction of sp³-hybridized carbons (Fsp3) is 0.917. The molecule has 2 heteroatoms. The van der Waals surface area contributed by atoms with Gasteiger partial charge in [0.1, 0.15) is 0 Å². The first kappa shape index (κ1) is 11.5. The van der Waals surface area contributed by atoms with Gasteiger partial charge in [0, 0.05) is 16.9 Å². The molecule has 0 aromatic carbocycles. The lowest BCUT2D eigenvalue weighted by molar-refractivity contribution is -0.123. The standard InChI is InChI=1S/C12H23NO/c1-8(2)7-12(6)9(3)10(14)13-11(12,4)5/h8-9H,7H2,1-6H3,(H,13,14). The van der Waals surface area contributed by atoms with Gasteiger partial charge in [0.05, 0.1) is 0 Å². The van der Waals surface area contributed by atoms with Gasteiger partial charge in [-0.25, -0.2) is 0 Å². The minimum Gasteiger partial charge on any atom is -0.350 e. The maximum absolute atomic E-state index is 11.7. The predicted molar refractivity (Wildman–Crippen MR) is 58.9 cm³/mol. The Labute approximate surface area is 87.5 Å². The van der Waals surface area contributed by atoms with Crippen LogP contribution >= 0.6 is 0 Å². The topological polar surface area (TPSA) is 29.1 Å². The zero-order valence-electron chi connectivity index (χ0n) is 10.3. The van der Waals surface area contributed by atoms with E-state index in [9.17, 15) is 4.79 Å². The minimum absolute atomic E-state index is 0.0756. The highest BCUT2D eigenvalue weighted by Crippen LogP contribution is 2.48. The molecule has 1 rings (SSSR count). The van der Waals surface area contributed by atoms with Gasteiger partial charge >= 0.3 is 0 Å². The number of carbonyl (C=O) groups is 1. The molecule has 1 aliphatic rings. The summed E-state index contributed by atoms with van der Waals surface area (Å²) in [5.74, 6) is 0.965. The van der Waals surface area contributed by atoms with E-state index < -0.39 is 0 Å². The summed E-state index contributed by atoms with van der Waals surface area (Å²) < 4.78 is 0. The highest BCUT2D eigenvalue weighted by molar-refractivity contribution is 5.83. The van der Waals surface area contributed by atoms with Crippen molar-refractivity contribution in [2.45, 2.75) is 53.5 Å². The fourth-order valence-electron chi connectivity index (χ4n) is 2.67. The van der Waals surface area contributed by atoms with Crippen molar-refractivity contribution in [1.82, 2.24) is 5.32 Å². The van der Waals surface area contributed by atoms with E-state index in [4.69, 9.17) is 0 Å². The molecule has 0 spiro atoms. The molecule has 0 aromatic rings. The molecule has 1 saturated heterocycles. The van der Waals surface area contributed by atoms with Crippen LogP contribution in [0.1, 0.15) is 48.0 Å². The number of amides is 1. The van der Waals surface area contributed by atoms with Gasteiger partial charge < -0.3 is 5.32 Å². The van der Waals surface area contributed by atoms with Gasteiger partial charge in [-0.2, -0.15) is 0 Å². The molecule has 2 nitrogen and oxygen atoms in total. The van der Waals surface area contributed by atoms with E-state index in [1.54, 1.807) is 0 Å². The predicted octanol–water partition coefficient (Wildman–Crippen LogP) is 2.58. The number of rotatable bonds is 2. The number of carbonyl (C=O) groups excluding carboxylic acids is 1. The molecule has 14 heavy (non-hydrogen) atoms. The van der Waals surface area contributed by atoms with Crippen molar-refractivity contribution < 1.29 is 4.79 Å². The maximum Gasteiger partial charge on any atom is 0.223 e. The van der Waals surface area contributed by atoms with Crippen LogP contribution < -0.4 is 5.32 Å². The van der Waals surface area contributed by atoms with Gasteiger partial charge in [-0.3, -0.25) is 4.79 Å². The lowest BCUT2D eigenvalue weighted by Gasteiger charge is -2.40. The average Bonchev–Trinajstić information content (AvgIpc) is 2.11. The summed E-state index contributed by atoms with van der Waals surface area (Å²) in [6.45, 7) is 13.0. The Bertz CT molecular complexity index is 245. The second-order valence-corrected chi connectivity index (χ2v) is 5.85. The van der Waals surface area contributed by atoms with Crippen molar-refractivity contribution in [1.29, 1.82) is 0 Å². The van der Waals surface area contributed by atoms with Crippen LogP contribution in [-0.2, 0) is 4.79 Å². The van der Waals surface area contributed by atoms with Crippen LogP contribution in [0.4, 0.5) is 0 Å². The van der Waals surface area contributed by atoms with Gasteiger partial charge in [-0.15, -0.1) is 0 Å². The van der Waals surface area contributed by atoms with Crippen LogP contribution in [0.5, 0.6) is 0 Å². The van der Waals surface area contributed by atoms with Crippen LogP contribution in [-0.4, -0.2) is 11.4 Å². The Hall–Kier alpha value is -0.530. The second-order valence-electron chi connectivity index (χ2n) is 5.85. The molecule has 0 saturated carbocycles. The SMILES string of the molecule is CC(C)CC1(C)C(C)C(=O)NC1(C)C. The van der Waals surface area contributed by atoms with Gasteiger partial charge in [0.2, 0.25) is 5.91 Å². The highest BCUT2D eigenvalue weighted by atomic mass is 16.2. The largest absolute Gasteiger partial charge is 0.350 e. The summed E-state index contributed by atoms with van der Waals surface area (Å²) in [5, 5.41) is 3.10. The van der Waals surface area contributed by atoms with Gasteiger partial charge in [0.25, 0.3) is 0 Å². The van der Waals surface area contributed by atoms with E-state index in [0.717, 1.165) is 6.42 Å². The molecule has 1 heterocycles. The smallest absolute Gasteiger partial charge is 0.223 e. The lowest BCUT2D eigenvalue weighted by Crippen LogP contribution is -2.47. The quantitative estimate of drug-likeness (QED) is 0.724. The second kappa shape index (κ2) is 3.25. The maximum atomic E-state index is 11.7. The monoisotopic (exact) mass is 197 g/mol. The van der Waals surface area contributed by atoms with E-state index in [2.05, 4.69) is 39.9 Å². The highest BCUT2D eigenvalue weighted by Gasteiger charge is 2.54. The summed E-state index contributed by atoms with van der Waals surface area (Å²) in [5.41, 5.74) is 0.00597. The number of hydrogen-bond acceptors (Lipinski definition) is 1. The van der Waals surface area contributed by atoms with E-state index >= 15 is 0 Å². The van der Waals surface area contributed by atoms with Crippen LogP contribution in [0.3, 0.4) is 0 Å². The van der Waals surface area contributed by atoms with Crippen LogP contribution in [0.2, 0.25) is 0 Å². The third-order valence-corrected chi connectivity index (χ3v) is 4.04. The molecular weight excluding hydrogens is 174 g/mol. The number of nitrogens with one attached hydrogen (secondary N) is 1. The summed E-state index contributed by atoms with van der Waals surface area (Å²) in [4.78, 5) is 11.7. The molecule has 1 aliphatic heterocycles. The molecule has 2 atom stereocenters.